The Morgan fingerprint density at radius 2 is 1.25 bits per heavy atom. The number of aromatic hydroxyl groups is 1. The first kappa shape index (κ1) is 37.9. The van der Waals surface area contributed by atoms with Gasteiger partial charge in [-0.3, -0.25) is 9.55 Å². The molecule has 0 aliphatic heterocycles. The van der Waals surface area contributed by atoms with Crippen molar-refractivity contribution in [3.63, 3.8) is 0 Å². The van der Waals surface area contributed by atoms with Gasteiger partial charge in [-0.2, -0.15) is 0 Å². The van der Waals surface area contributed by atoms with Crippen LogP contribution < -0.4 is 0 Å². The number of aromatic nitrogens is 4. The third-order valence-corrected chi connectivity index (χ3v) is 11.1. The molecule has 3 heterocycles. The Bertz CT molecular complexity index is 3180. The number of hydrogen-bond donors (Lipinski definition) is 1. The molecule has 1 N–H and O–H groups in total. The van der Waals surface area contributed by atoms with Crippen molar-refractivity contribution in [3.05, 3.63) is 188 Å². The molecule has 10 aromatic rings. The standard InChI is InChI=1S/C53H39N4O.Pt/c1-53(2,3)42-24-25-47(45(31-42)35-14-5-4-6-15-35)57-48-20-11-19-43(51(48)56-52(57)44-18-9-10-21-49(44)58)40-29-41(33-54-32-40)46-30-39(28-38-17-12-26-55-50(38)46)37-23-22-34-13-7-8-16-36(34)27-37;/h4-28,30-33,58H,1-3H3;/q-1;. The van der Waals surface area contributed by atoms with Gasteiger partial charge in [-0.15, -0.1) is 6.07 Å². The summed E-state index contributed by atoms with van der Waals surface area (Å²) in [5.41, 5.74) is 13.2. The zero-order chi connectivity index (χ0) is 39.4. The van der Waals surface area contributed by atoms with Gasteiger partial charge in [0.25, 0.3) is 0 Å². The molecule has 10 rings (SSSR count). The van der Waals surface area contributed by atoms with E-state index in [-0.39, 0.29) is 32.2 Å². The van der Waals surface area contributed by atoms with E-state index in [1.807, 2.05) is 48.9 Å². The quantitative estimate of drug-likeness (QED) is 0.169. The summed E-state index contributed by atoms with van der Waals surface area (Å²) < 4.78 is 2.18. The topological polar surface area (TPSA) is 63.8 Å². The Morgan fingerprint density at radius 1 is 0.542 bits per heavy atom. The normalized spacial score (nSPS) is 11.6. The van der Waals surface area contributed by atoms with E-state index >= 15 is 0 Å². The molecule has 0 spiro atoms. The van der Waals surface area contributed by atoms with Crippen molar-refractivity contribution in [1.82, 2.24) is 19.5 Å². The summed E-state index contributed by atoms with van der Waals surface area (Å²) in [6.45, 7) is 6.71. The van der Waals surface area contributed by atoms with Gasteiger partial charge in [-0.05, 0) is 105 Å². The van der Waals surface area contributed by atoms with E-state index in [9.17, 15) is 5.11 Å². The van der Waals surface area contributed by atoms with Gasteiger partial charge < -0.3 is 10.1 Å². The third kappa shape index (κ3) is 6.92. The molecule has 288 valence electrons. The molecule has 5 nitrogen and oxygen atoms in total. The van der Waals surface area contributed by atoms with E-state index in [1.165, 1.54) is 16.3 Å². The Labute approximate surface area is 358 Å². The van der Waals surface area contributed by atoms with Crippen molar-refractivity contribution in [2.75, 3.05) is 0 Å². The molecule has 6 heteroatoms. The molecule has 0 aliphatic rings. The maximum atomic E-state index is 11.3. The van der Waals surface area contributed by atoms with Crippen molar-refractivity contribution >= 4 is 32.7 Å². The molecule has 0 atom stereocenters. The average molecular weight is 943 g/mol. The van der Waals surface area contributed by atoms with E-state index in [0.29, 0.717) is 11.4 Å². The fraction of sp³-hybridized carbons (Fsp3) is 0.0755. The molecule has 59 heavy (non-hydrogen) atoms. The van der Waals surface area contributed by atoms with E-state index in [1.54, 1.807) is 6.07 Å². The first-order valence-corrected chi connectivity index (χ1v) is 19.6. The number of benzene rings is 7. The number of phenols is 1. The van der Waals surface area contributed by atoms with Gasteiger partial charge in [0.1, 0.15) is 11.6 Å². The number of fused-ring (bicyclic) bond motifs is 3. The molecule has 0 amide bonds. The molecule has 0 bridgehead atoms. The number of nitrogens with zero attached hydrogens (tertiary/aromatic N) is 4. The monoisotopic (exact) mass is 942 g/mol. The average Bonchev–Trinajstić information content (AvgIpc) is 3.65. The number of phenolic OH excluding ortho intramolecular Hbond substituents is 1. The molecule has 0 unspecified atom stereocenters. The maximum Gasteiger partial charge on any atom is 0.148 e. The van der Waals surface area contributed by atoms with Crippen LogP contribution in [0.2, 0.25) is 0 Å². The van der Waals surface area contributed by atoms with Gasteiger partial charge in [0.05, 0.1) is 22.3 Å². The Balaban J connectivity index is 0.00000449. The van der Waals surface area contributed by atoms with Gasteiger partial charge in [-0.1, -0.05) is 152 Å². The van der Waals surface area contributed by atoms with Crippen molar-refractivity contribution < 1.29 is 26.2 Å². The summed E-state index contributed by atoms with van der Waals surface area (Å²) in [4.78, 5) is 15.0. The first-order valence-electron chi connectivity index (χ1n) is 19.6. The second-order valence-electron chi connectivity index (χ2n) is 15.8. The van der Waals surface area contributed by atoms with Crippen LogP contribution in [0.25, 0.3) is 94.3 Å². The van der Waals surface area contributed by atoms with Crippen LogP contribution >= 0.6 is 0 Å². The van der Waals surface area contributed by atoms with Crippen molar-refractivity contribution in [3.8, 4) is 67.3 Å². The number of para-hydroxylation sites is 2. The maximum absolute atomic E-state index is 11.3. The van der Waals surface area contributed by atoms with Gasteiger partial charge in [-0.25, -0.2) is 4.98 Å². The van der Waals surface area contributed by atoms with Crippen molar-refractivity contribution in [1.29, 1.82) is 0 Å². The van der Waals surface area contributed by atoms with Crippen LogP contribution in [0.15, 0.2) is 176 Å². The fourth-order valence-corrected chi connectivity index (χ4v) is 8.05. The number of rotatable bonds is 6. The molecule has 0 radical (unpaired) electrons. The predicted molar refractivity (Wildman–Crippen MR) is 238 cm³/mol. The van der Waals surface area contributed by atoms with Crippen LogP contribution in [0.1, 0.15) is 26.3 Å². The molecule has 0 saturated heterocycles. The fourth-order valence-electron chi connectivity index (χ4n) is 8.05. The zero-order valence-corrected chi connectivity index (χ0v) is 35.1. The predicted octanol–water partition coefficient (Wildman–Crippen LogP) is 13.3. The summed E-state index contributed by atoms with van der Waals surface area (Å²) in [6.07, 6.45) is 5.56. The summed E-state index contributed by atoms with van der Waals surface area (Å²) >= 11 is 0. The van der Waals surface area contributed by atoms with Crippen molar-refractivity contribution in [2.24, 2.45) is 0 Å². The van der Waals surface area contributed by atoms with Gasteiger partial charge in [0, 0.05) is 38.3 Å². The van der Waals surface area contributed by atoms with E-state index in [0.717, 1.165) is 72.1 Å². The number of pyridine rings is 2. The van der Waals surface area contributed by atoms with Crippen molar-refractivity contribution in [2.45, 2.75) is 26.2 Å². The number of hydrogen-bond acceptors (Lipinski definition) is 4. The van der Waals surface area contributed by atoms with Crippen LogP contribution in [-0.4, -0.2) is 24.6 Å². The van der Waals surface area contributed by atoms with Crippen LogP contribution in [0, 0.1) is 6.07 Å². The van der Waals surface area contributed by atoms with Crippen LogP contribution in [0.3, 0.4) is 0 Å². The van der Waals surface area contributed by atoms with E-state index < -0.39 is 0 Å². The smallest absolute Gasteiger partial charge is 0.148 e. The summed E-state index contributed by atoms with van der Waals surface area (Å²) in [6, 6.07) is 58.1. The third-order valence-electron chi connectivity index (χ3n) is 11.1. The summed E-state index contributed by atoms with van der Waals surface area (Å²) in [5.74, 6) is 0.803. The second-order valence-corrected chi connectivity index (χ2v) is 15.8. The van der Waals surface area contributed by atoms with Gasteiger partial charge in [0.2, 0.25) is 0 Å². The number of imidazole rings is 1. The zero-order valence-electron chi connectivity index (χ0n) is 32.8. The molecule has 0 aliphatic carbocycles. The molecule has 3 aromatic heterocycles. The summed E-state index contributed by atoms with van der Waals surface area (Å²) in [7, 11) is 0. The molecule has 0 fully saturated rings. The molecule has 7 aromatic carbocycles. The Morgan fingerprint density at radius 3 is 2.07 bits per heavy atom. The minimum Gasteiger partial charge on any atom is -0.507 e. The molecular weight excluding hydrogens is 904 g/mol. The van der Waals surface area contributed by atoms with Crippen LogP contribution in [0.5, 0.6) is 5.75 Å². The molecular formula is C53H39N4OPt-. The van der Waals surface area contributed by atoms with Gasteiger partial charge >= 0.3 is 0 Å². The van der Waals surface area contributed by atoms with E-state index in [2.05, 4.69) is 153 Å². The summed E-state index contributed by atoms with van der Waals surface area (Å²) in [5, 5.41) is 14.8. The van der Waals surface area contributed by atoms with Crippen LogP contribution in [-0.2, 0) is 26.5 Å². The largest absolute Gasteiger partial charge is 0.507 e. The SMILES string of the molecule is CC(C)(C)c1ccc(-n2c(-c3ccccc3O)nc3c(-c4[c-]c(-c5cc(-c6ccc7ccccc7c6)cc6cccnc56)cnc4)cccc32)c(-c2ccccc2)c1.[Pt]. The van der Waals surface area contributed by atoms with Crippen LogP contribution in [0.4, 0.5) is 0 Å². The van der Waals surface area contributed by atoms with E-state index in [4.69, 9.17) is 15.0 Å². The minimum atomic E-state index is -0.0591. The first-order chi connectivity index (χ1) is 28.3. The second kappa shape index (κ2) is 15.2. The Hall–Kier alpha value is -6.68. The molecule has 0 saturated carbocycles. The Kier molecular flexibility index (Phi) is 9.79. The van der Waals surface area contributed by atoms with Gasteiger partial charge in [0.15, 0.2) is 0 Å². The minimum absolute atomic E-state index is 0.